The molecule has 4 rings (SSSR count). The molecule has 0 bridgehead atoms. The number of allylic oxidation sites excluding steroid dienone is 2. The molecule has 2 amide bonds. The standard InChI is InChI=1S/C26H39N3O6/c1-25-11-9-16(29-35-14-23(32)28-20(24(33)34)6-8-22(27)31)13-15(25)3-4-17-18-5-7-21(30)26(18,2)12-10-19(17)25/h13,17-21,30H,3-12,14H2,1-2H3,(H2,27,31)(H,28,32)(H,33,34)/b29-16-/t17-,18-,19-,20-,21-,25-,26-/m0/s1. The van der Waals surface area contributed by atoms with E-state index in [2.05, 4.69) is 30.4 Å². The molecule has 3 fully saturated rings. The minimum Gasteiger partial charge on any atom is -0.480 e. The van der Waals surface area contributed by atoms with E-state index in [0.717, 1.165) is 57.1 Å². The number of oxime groups is 1. The Balaban J connectivity index is 1.35. The Morgan fingerprint density at radius 1 is 1.17 bits per heavy atom. The summed E-state index contributed by atoms with van der Waals surface area (Å²) in [5, 5.41) is 26.4. The van der Waals surface area contributed by atoms with Crippen LogP contribution in [-0.2, 0) is 19.2 Å². The third kappa shape index (κ3) is 4.97. The maximum absolute atomic E-state index is 12.1. The Kier molecular flexibility index (Phi) is 7.27. The van der Waals surface area contributed by atoms with E-state index in [1.165, 1.54) is 5.57 Å². The number of rotatable bonds is 8. The summed E-state index contributed by atoms with van der Waals surface area (Å²) in [6.45, 7) is 4.30. The Morgan fingerprint density at radius 3 is 2.66 bits per heavy atom. The number of primary amides is 1. The predicted octanol–water partition coefficient (Wildman–Crippen LogP) is 2.52. The zero-order valence-electron chi connectivity index (χ0n) is 20.8. The fourth-order valence-electron chi connectivity index (χ4n) is 7.57. The summed E-state index contributed by atoms with van der Waals surface area (Å²) in [4.78, 5) is 39.5. The lowest BCUT2D eigenvalue weighted by molar-refractivity contribution is -0.142. The van der Waals surface area contributed by atoms with Crippen LogP contribution in [0.15, 0.2) is 16.8 Å². The van der Waals surface area contributed by atoms with Crippen molar-refractivity contribution in [2.45, 2.75) is 90.2 Å². The number of aliphatic hydroxyl groups is 1. The lowest BCUT2D eigenvalue weighted by Crippen LogP contribution is -2.51. The molecule has 5 N–H and O–H groups in total. The van der Waals surface area contributed by atoms with Crippen molar-refractivity contribution in [1.82, 2.24) is 5.32 Å². The van der Waals surface area contributed by atoms with Crippen LogP contribution in [0.2, 0.25) is 0 Å². The molecule has 0 aromatic carbocycles. The fourth-order valence-corrected chi connectivity index (χ4v) is 7.57. The average Bonchev–Trinajstić information content (AvgIpc) is 3.11. The van der Waals surface area contributed by atoms with Crippen molar-refractivity contribution in [3.63, 3.8) is 0 Å². The van der Waals surface area contributed by atoms with Crippen molar-refractivity contribution < 1.29 is 29.4 Å². The van der Waals surface area contributed by atoms with Crippen molar-refractivity contribution in [3.05, 3.63) is 11.6 Å². The van der Waals surface area contributed by atoms with E-state index in [1.54, 1.807) is 0 Å². The SMILES string of the molecule is C[C@]12CC[C@H]3[C@@H](CCC4=C/C(=N\OCC(=O)N[C@@H](CCC(N)=O)C(=O)O)CC[C@@]43C)[C@@H]1CC[C@@H]2O. The van der Waals surface area contributed by atoms with Crippen LogP contribution in [0.3, 0.4) is 0 Å². The zero-order chi connectivity index (χ0) is 25.4. The van der Waals surface area contributed by atoms with Gasteiger partial charge in [0.05, 0.1) is 11.8 Å². The van der Waals surface area contributed by atoms with Crippen LogP contribution in [0.5, 0.6) is 0 Å². The predicted molar refractivity (Wildman–Crippen MR) is 129 cm³/mol. The molecule has 0 unspecified atom stereocenters. The fraction of sp³-hybridized carbons (Fsp3) is 0.769. The molecule has 7 atom stereocenters. The first-order valence-electron chi connectivity index (χ1n) is 12.9. The highest BCUT2D eigenvalue weighted by molar-refractivity contribution is 5.96. The highest BCUT2D eigenvalue weighted by atomic mass is 16.6. The lowest BCUT2D eigenvalue weighted by Gasteiger charge is -2.57. The van der Waals surface area contributed by atoms with Crippen molar-refractivity contribution in [2.75, 3.05) is 6.61 Å². The monoisotopic (exact) mass is 489 g/mol. The smallest absolute Gasteiger partial charge is 0.326 e. The Labute approximate surface area is 206 Å². The van der Waals surface area contributed by atoms with Gasteiger partial charge in [0.1, 0.15) is 6.04 Å². The Bertz CT molecular complexity index is 932. The van der Waals surface area contributed by atoms with Gasteiger partial charge in [-0.05, 0) is 92.4 Å². The molecule has 0 aromatic rings. The second-order valence-electron chi connectivity index (χ2n) is 11.5. The van der Waals surface area contributed by atoms with Gasteiger partial charge in [0.2, 0.25) is 5.91 Å². The molecular weight excluding hydrogens is 450 g/mol. The molecule has 9 heteroatoms. The van der Waals surface area contributed by atoms with Crippen molar-refractivity contribution in [2.24, 2.45) is 39.5 Å². The summed E-state index contributed by atoms with van der Waals surface area (Å²) in [6, 6.07) is -1.20. The van der Waals surface area contributed by atoms with E-state index >= 15 is 0 Å². The third-order valence-electron chi connectivity index (χ3n) is 9.62. The molecule has 4 aliphatic rings. The molecule has 3 saturated carbocycles. The molecular formula is C26H39N3O6. The quantitative estimate of drug-likeness (QED) is 0.385. The number of carbonyl (C=O) groups excluding carboxylic acids is 2. The number of hydrogen-bond acceptors (Lipinski definition) is 6. The molecule has 0 aliphatic heterocycles. The summed E-state index contributed by atoms with van der Waals surface area (Å²) >= 11 is 0. The van der Waals surface area contributed by atoms with Gasteiger partial charge in [-0.1, -0.05) is 24.6 Å². The van der Waals surface area contributed by atoms with Gasteiger partial charge in [0, 0.05) is 6.42 Å². The molecule has 0 saturated heterocycles. The van der Waals surface area contributed by atoms with Gasteiger partial charge >= 0.3 is 5.97 Å². The number of carboxylic acids is 1. The maximum Gasteiger partial charge on any atom is 0.326 e. The van der Waals surface area contributed by atoms with Crippen molar-refractivity contribution in [3.8, 4) is 0 Å². The molecule has 9 nitrogen and oxygen atoms in total. The molecule has 35 heavy (non-hydrogen) atoms. The summed E-state index contributed by atoms with van der Waals surface area (Å²) < 4.78 is 0. The second kappa shape index (κ2) is 9.91. The summed E-state index contributed by atoms with van der Waals surface area (Å²) in [5.41, 5.74) is 7.50. The number of hydrogen-bond donors (Lipinski definition) is 4. The number of aliphatic hydroxyl groups excluding tert-OH is 1. The highest BCUT2D eigenvalue weighted by Gasteiger charge is 2.58. The molecule has 0 aromatic heterocycles. The van der Waals surface area contributed by atoms with Gasteiger partial charge in [-0.25, -0.2) is 4.79 Å². The van der Waals surface area contributed by atoms with Crippen LogP contribution in [0.25, 0.3) is 0 Å². The van der Waals surface area contributed by atoms with E-state index in [-0.39, 0.29) is 29.8 Å². The van der Waals surface area contributed by atoms with Gasteiger partial charge in [0.15, 0.2) is 6.61 Å². The van der Waals surface area contributed by atoms with E-state index in [9.17, 15) is 24.6 Å². The van der Waals surface area contributed by atoms with E-state index in [0.29, 0.717) is 17.8 Å². The number of amides is 2. The number of carboxylic acid groups (broad SMARTS) is 1. The van der Waals surface area contributed by atoms with Crippen molar-refractivity contribution in [1.29, 1.82) is 0 Å². The number of aliphatic carboxylic acids is 1. The largest absolute Gasteiger partial charge is 0.480 e. The topological polar surface area (TPSA) is 151 Å². The first-order chi connectivity index (χ1) is 16.5. The minimum atomic E-state index is -1.23. The van der Waals surface area contributed by atoms with Crippen LogP contribution >= 0.6 is 0 Å². The number of fused-ring (bicyclic) bond motifs is 5. The zero-order valence-corrected chi connectivity index (χ0v) is 20.8. The minimum absolute atomic E-state index is 0.0727. The summed E-state index contributed by atoms with van der Waals surface area (Å²) in [6.07, 6.45) is 10.1. The normalized spacial score (nSPS) is 37.9. The van der Waals surface area contributed by atoms with Gasteiger partial charge < -0.3 is 26.1 Å². The van der Waals surface area contributed by atoms with Crippen LogP contribution in [-0.4, -0.2) is 52.5 Å². The number of nitrogens with one attached hydrogen (secondary N) is 1. The van der Waals surface area contributed by atoms with Crippen LogP contribution in [0.1, 0.15) is 78.1 Å². The van der Waals surface area contributed by atoms with Gasteiger partial charge in [-0.15, -0.1) is 0 Å². The summed E-state index contributed by atoms with van der Waals surface area (Å²) in [5.74, 6) is -0.542. The van der Waals surface area contributed by atoms with E-state index < -0.39 is 30.4 Å². The van der Waals surface area contributed by atoms with Crippen LogP contribution in [0, 0.1) is 28.6 Å². The first-order valence-corrected chi connectivity index (χ1v) is 12.9. The van der Waals surface area contributed by atoms with Gasteiger partial charge in [-0.3, -0.25) is 9.59 Å². The number of nitrogens with zero attached hydrogens (tertiary/aromatic N) is 1. The van der Waals surface area contributed by atoms with Crippen LogP contribution in [0.4, 0.5) is 0 Å². The third-order valence-corrected chi connectivity index (χ3v) is 9.62. The second-order valence-corrected chi connectivity index (χ2v) is 11.5. The molecule has 0 spiro atoms. The van der Waals surface area contributed by atoms with E-state index in [4.69, 9.17) is 10.6 Å². The molecule has 0 heterocycles. The van der Waals surface area contributed by atoms with E-state index in [1.807, 2.05) is 0 Å². The first kappa shape index (κ1) is 25.7. The highest BCUT2D eigenvalue weighted by Crippen LogP contribution is 2.65. The van der Waals surface area contributed by atoms with Crippen molar-refractivity contribution >= 4 is 23.5 Å². The average molecular weight is 490 g/mol. The molecule has 4 aliphatic carbocycles. The number of carbonyl (C=O) groups is 3. The van der Waals surface area contributed by atoms with Gasteiger partial charge in [-0.2, -0.15) is 0 Å². The number of nitrogens with two attached hydrogens (primary N) is 1. The van der Waals surface area contributed by atoms with Crippen LogP contribution < -0.4 is 11.1 Å². The Hall–Kier alpha value is -2.42. The molecule has 0 radical (unpaired) electrons. The van der Waals surface area contributed by atoms with Gasteiger partial charge in [0.25, 0.3) is 5.91 Å². The maximum atomic E-state index is 12.1. The molecule has 194 valence electrons. The summed E-state index contributed by atoms with van der Waals surface area (Å²) in [7, 11) is 0. The Morgan fingerprint density at radius 2 is 1.94 bits per heavy atom. The lowest BCUT2D eigenvalue weighted by atomic mass is 9.47.